The van der Waals surface area contributed by atoms with Crippen molar-refractivity contribution < 1.29 is 13.2 Å². The summed E-state index contributed by atoms with van der Waals surface area (Å²) in [4.78, 5) is 4.68. The standard InChI is InChI=1S/C17H12ClF3N4S/c18-15-14(26-16(24-15)23-11-6-2-1-3-7-11)10-22-25-13-9-5-4-8-12(13)17(19,20)21/h1-10,25H,(H,23,24)/b22-10+. The summed E-state index contributed by atoms with van der Waals surface area (Å²) in [5.74, 6) is 0. The van der Waals surface area contributed by atoms with Crippen LogP contribution in [0.1, 0.15) is 10.4 Å². The van der Waals surface area contributed by atoms with E-state index in [9.17, 15) is 13.2 Å². The number of anilines is 3. The largest absolute Gasteiger partial charge is 0.418 e. The summed E-state index contributed by atoms with van der Waals surface area (Å²) in [6.07, 6.45) is -3.13. The molecule has 4 nitrogen and oxygen atoms in total. The highest BCUT2D eigenvalue weighted by atomic mass is 35.5. The first kappa shape index (κ1) is 18.2. The second-order valence-corrected chi connectivity index (χ2v) is 6.47. The van der Waals surface area contributed by atoms with Crippen LogP contribution in [0.15, 0.2) is 59.7 Å². The van der Waals surface area contributed by atoms with Gasteiger partial charge in [-0.25, -0.2) is 4.98 Å². The maximum atomic E-state index is 12.9. The Morgan fingerprint density at radius 2 is 1.73 bits per heavy atom. The summed E-state index contributed by atoms with van der Waals surface area (Å²) in [5, 5.41) is 7.71. The number of benzene rings is 2. The molecule has 1 heterocycles. The van der Waals surface area contributed by atoms with Gasteiger partial charge in [0.15, 0.2) is 10.3 Å². The first-order chi connectivity index (χ1) is 12.4. The SMILES string of the molecule is FC(F)(F)c1ccccc1N/N=C/c1sc(Nc2ccccc2)nc1Cl. The van der Waals surface area contributed by atoms with Crippen molar-refractivity contribution in [2.24, 2.45) is 5.10 Å². The quantitative estimate of drug-likeness (QED) is 0.410. The minimum absolute atomic E-state index is 0.139. The summed E-state index contributed by atoms with van der Waals surface area (Å²) in [6.45, 7) is 0. The van der Waals surface area contributed by atoms with Crippen molar-refractivity contribution in [2.75, 3.05) is 10.7 Å². The molecule has 0 saturated heterocycles. The summed E-state index contributed by atoms with van der Waals surface area (Å²) in [7, 11) is 0. The van der Waals surface area contributed by atoms with Gasteiger partial charge in [0.1, 0.15) is 0 Å². The summed E-state index contributed by atoms with van der Waals surface area (Å²) in [6, 6.07) is 14.5. The number of rotatable bonds is 5. The third-order valence-corrected chi connectivity index (χ3v) is 4.54. The number of halogens is 4. The maximum Gasteiger partial charge on any atom is 0.418 e. The van der Waals surface area contributed by atoms with E-state index in [-0.39, 0.29) is 10.8 Å². The van der Waals surface area contributed by atoms with E-state index in [1.54, 1.807) is 0 Å². The van der Waals surface area contributed by atoms with Crippen molar-refractivity contribution in [1.29, 1.82) is 0 Å². The molecule has 0 saturated carbocycles. The topological polar surface area (TPSA) is 49.3 Å². The van der Waals surface area contributed by atoms with Crippen LogP contribution in [0, 0.1) is 0 Å². The van der Waals surface area contributed by atoms with Crippen LogP contribution < -0.4 is 10.7 Å². The minimum atomic E-state index is -4.46. The summed E-state index contributed by atoms with van der Waals surface area (Å²) >= 11 is 7.29. The second kappa shape index (κ2) is 7.76. The molecule has 0 unspecified atom stereocenters. The van der Waals surface area contributed by atoms with Crippen LogP contribution in [0.5, 0.6) is 0 Å². The number of aromatic nitrogens is 1. The third-order valence-electron chi connectivity index (χ3n) is 3.23. The van der Waals surface area contributed by atoms with Gasteiger partial charge in [0, 0.05) is 5.69 Å². The Bertz CT molecular complexity index is 910. The van der Waals surface area contributed by atoms with Gasteiger partial charge < -0.3 is 5.32 Å². The summed E-state index contributed by atoms with van der Waals surface area (Å²) < 4.78 is 38.8. The van der Waals surface area contributed by atoms with Crippen LogP contribution in [0.4, 0.5) is 29.7 Å². The lowest BCUT2D eigenvalue weighted by molar-refractivity contribution is -0.136. The Morgan fingerprint density at radius 1 is 1.04 bits per heavy atom. The molecule has 3 rings (SSSR count). The summed E-state index contributed by atoms with van der Waals surface area (Å²) in [5.41, 5.74) is 2.32. The molecule has 0 radical (unpaired) electrons. The molecule has 134 valence electrons. The average Bonchev–Trinajstić information content (AvgIpc) is 2.95. The molecular weight excluding hydrogens is 385 g/mol. The van der Waals surface area contributed by atoms with Crippen molar-refractivity contribution in [1.82, 2.24) is 4.98 Å². The lowest BCUT2D eigenvalue weighted by atomic mass is 10.2. The molecule has 3 aromatic rings. The van der Waals surface area contributed by atoms with E-state index in [1.165, 1.54) is 35.8 Å². The van der Waals surface area contributed by atoms with Gasteiger partial charge in [-0.15, -0.1) is 0 Å². The van der Waals surface area contributed by atoms with E-state index in [0.717, 1.165) is 11.8 Å². The van der Waals surface area contributed by atoms with Gasteiger partial charge in [-0.1, -0.05) is 53.3 Å². The Labute approximate surface area is 156 Å². The molecule has 1 aromatic heterocycles. The zero-order chi connectivity index (χ0) is 18.6. The Kier molecular flexibility index (Phi) is 5.43. The van der Waals surface area contributed by atoms with Gasteiger partial charge in [0.25, 0.3) is 0 Å². The number of hydrogen-bond donors (Lipinski definition) is 2. The van der Waals surface area contributed by atoms with E-state index in [2.05, 4.69) is 20.8 Å². The van der Waals surface area contributed by atoms with Gasteiger partial charge in [-0.05, 0) is 24.3 Å². The van der Waals surface area contributed by atoms with E-state index in [4.69, 9.17) is 11.6 Å². The number of para-hydroxylation sites is 2. The fourth-order valence-corrected chi connectivity index (χ4v) is 3.13. The highest BCUT2D eigenvalue weighted by Gasteiger charge is 2.33. The zero-order valence-corrected chi connectivity index (χ0v) is 14.7. The van der Waals surface area contributed by atoms with Gasteiger partial charge in [-0.2, -0.15) is 18.3 Å². The molecule has 0 bridgehead atoms. The van der Waals surface area contributed by atoms with E-state index in [1.807, 2.05) is 30.3 Å². The number of hydrogen-bond acceptors (Lipinski definition) is 5. The first-order valence-corrected chi connectivity index (χ1v) is 8.56. The highest BCUT2D eigenvalue weighted by Crippen LogP contribution is 2.34. The number of thiazole rings is 1. The molecule has 0 atom stereocenters. The fourth-order valence-electron chi connectivity index (χ4n) is 2.08. The molecule has 2 N–H and O–H groups in total. The van der Waals surface area contributed by atoms with Crippen molar-refractivity contribution in [3.8, 4) is 0 Å². The predicted octanol–water partition coefficient (Wildman–Crippen LogP) is 6.00. The minimum Gasteiger partial charge on any atom is -0.331 e. The number of nitrogens with zero attached hydrogens (tertiary/aromatic N) is 2. The van der Waals surface area contributed by atoms with Crippen LogP contribution in [0.25, 0.3) is 0 Å². The first-order valence-electron chi connectivity index (χ1n) is 7.37. The van der Waals surface area contributed by atoms with Gasteiger partial charge in [0.05, 0.1) is 22.3 Å². The predicted molar refractivity (Wildman–Crippen MR) is 99.5 cm³/mol. The fraction of sp³-hybridized carbons (Fsp3) is 0.0588. The Hall–Kier alpha value is -2.58. The monoisotopic (exact) mass is 396 g/mol. The van der Waals surface area contributed by atoms with Gasteiger partial charge in [-0.3, -0.25) is 5.43 Å². The van der Waals surface area contributed by atoms with Crippen LogP contribution in [-0.4, -0.2) is 11.2 Å². The second-order valence-electron chi connectivity index (χ2n) is 5.08. The smallest absolute Gasteiger partial charge is 0.331 e. The molecule has 0 aliphatic rings. The van der Waals surface area contributed by atoms with Crippen LogP contribution in [-0.2, 0) is 6.18 Å². The molecule has 0 amide bonds. The molecule has 9 heteroatoms. The normalized spacial score (nSPS) is 11.7. The molecule has 0 spiro atoms. The highest BCUT2D eigenvalue weighted by molar-refractivity contribution is 7.17. The number of hydrazone groups is 1. The zero-order valence-electron chi connectivity index (χ0n) is 13.1. The lowest BCUT2D eigenvalue weighted by Gasteiger charge is -2.11. The van der Waals surface area contributed by atoms with Crippen LogP contribution in [0.3, 0.4) is 0 Å². The lowest BCUT2D eigenvalue weighted by Crippen LogP contribution is -2.08. The van der Waals surface area contributed by atoms with E-state index < -0.39 is 11.7 Å². The Morgan fingerprint density at radius 3 is 2.46 bits per heavy atom. The Balaban J connectivity index is 1.72. The average molecular weight is 397 g/mol. The number of alkyl halides is 3. The molecule has 2 aromatic carbocycles. The molecule has 0 aliphatic heterocycles. The molecule has 26 heavy (non-hydrogen) atoms. The van der Waals surface area contributed by atoms with Crippen molar-refractivity contribution in [3.63, 3.8) is 0 Å². The molecule has 0 aliphatic carbocycles. The third kappa shape index (κ3) is 4.53. The van der Waals surface area contributed by atoms with Crippen molar-refractivity contribution in [2.45, 2.75) is 6.18 Å². The molecular formula is C17H12ClF3N4S. The van der Waals surface area contributed by atoms with Crippen LogP contribution >= 0.6 is 22.9 Å². The number of nitrogens with one attached hydrogen (secondary N) is 2. The van der Waals surface area contributed by atoms with Crippen LogP contribution in [0.2, 0.25) is 5.15 Å². The maximum absolute atomic E-state index is 12.9. The van der Waals surface area contributed by atoms with Gasteiger partial charge in [0.2, 0.25) is 0 Å². The van der Waals surface area contributed by atoms with Crippen molar-refractivity contribution >= 4 is 45.7 Å². The molecule has 0 fully saturated rings. The van der Waals surface area contributed by atoms with Gasteiger partial charge >= 0.3 is 6.18 Å². The van der Waals surface area contributed by atoms with E-state index in [0.29, 0.717) is 10.0 Å². The van der Waals surface area contributed by atoms with Crippen molar-refractivity contribution in [3.05, 3.63) is 70.2 Å². The van der Waals surface area contributed by atoms with E-state index >= 15 is 0 Å².